The van der Waals surface area contributed by atoms with Gasteiger partial charge in [-0.15, -0.1) is 0 Å². The molecule has 0 aromatic heterocycles. The van der Waals surface area contributed by atoms with E-state index >= 15 is 0 Å². The lowest BCUT2D eigenvalue weighted by Crippen LogP contribution is -2.49. The van der Waals surface area contributed by atoms with Crippen LogP contribution in [0, 0.1) is 11.6 Å². The first kappa shape index (κ1) is 20.8. The van der Waals surface area contributed by atoms with Crippen LogP contribution in [-0.4, -0.2) is 42.6 Å². The number of guanidine groups is 1. The van der Waals surface area contributed by atoms with Crippen LogP contribution in [0.15, 0.2) is 53.5 Å². The van der Waals surface area contributed by atoms with Gasteiger partial charge in [0, 0.05) is 44.2 Å². The predicted octanol–water partition coefficient (Wildman–Crippen LogP) is 4.04. The van der Waals surface area contributed by atoms with Crippen LogP contribution in [-0.2, 0) is 6.54 Å². The zero-order valence-corrected chi connectivity index (χ0v) is 17.5. The molecule has 2 aromatic rings. The Morgan fingerprint density at radius 1 is 1.03 bits per heavy atom. The largest absolute Gasteiger partial charge is 0.354 e. The Labute approximate surface area is 177 Å². The topological polar surface area (TPSA) is 39.7 Å². The van der Waals surface area contributed by atoms with Crippen molar-refractivity contribution in [3.05, 3.63) is 71.3 Å². The molecule has 4 nitrogen and oxygen atoms in total. The van der Waals surface area contributed by atoms with Crippen LogP contribution in [0.2, 0.25) is 0 Å². The molecule has 2 fully saturated rings. The normalized spacial score (nSPS) is 22.7. The van der Waals surface area contributed by atoms with Crippen molar-refractivity contribution in [3.63, 3.8) is 0 Å². The molecule has 2 N–H and O–H groups in total. The van der Waals surface area contributed by atoms with E-state index < -0.39 is 11.6 Å². The molecule has 0 bridgehead atoms. The smallest absolute Gasteiger partial charge is 0.191 e. The van der Waals surface area contributed by atoms with Crippen molar-refractivity contribution in [1.82, 2.24) is 15.5 Å². The van der Waals surface area contributed by atoms with E-state index in [0.29, 0.717) is 24.5 Å². The summed E-state index contributed by atoms with van der Waals surface area (Å²) in [6, 6.07) is 15.6. The van der Waals surface area contributed by atoms with Gasteiger partial charge in [0.1, 0.15) is 0 Å². The van der Waals surface area contributed by atoms with Crippen LogP contribution in [0.5, 0.6) is 0 Å². The minimum absolute atomic E-state index is 0.373. The highest BCUT2D eigenvalue weighted by Gasteiger charge is 2.39. The van der Waals surface area contributed by atoms with Crippen LogP contribution < -0.4 is 10.6 Å². The Bertz CT molecular complexity index is 863. The zero-order valence-electron chi connectivity index (χ0n) is 17.5. The molecule has 30 heavy (non-hydrogen) atoms. The molecule has 2 aromatic carbocycles. The van der Waals surface area contributed by atoms with Gasteiger partial charge >= 0.3 is 0 Å². The van der Waals surface area contributed by atoms with Gasteiger partial charge in [0.2, 0.25) is 0 Å². The van der Waals surface area contributed by atoms with E-state index in [-0.39, 0.29) is 0 Å². The molecule has 0 spiro atoms. The summed E-state index contributed by atoms with van der Waals surface area (Å²) in [7, 11) is 0. The third-order valence-corrected chi connectivity index (χ3v) is 5.98. The SMILES string of the molecule is CCN=C(NC1CCN(Cc2ccc(F)c(F)c2)CC1)NC1CC1c1ccccc1. The van der Waals surface area contributed by atoms with Gasteiger partial charge in [-0.25, -0.2) is 8.78 Å². The summed E-state index contributed by atoms with van der Waals surface area (Å²) in [4.78, 5) is 6.93. The van der Waals surface area contributed by atoms with Crippen LogP contribution in [0.3, 0.4) is 0 Å². The van der Waals surface area contributed by atoms with E-state index in [1.165, 1.54) is 17.7 Å². The van der Waals surface area contributed by atoms with Gasteiger partial charge in [0.25, 0.3) is 0 Å². The Hall–Kier alpha value is -2.47. The molecule has 1 heterocycles. The number of aliphatic imine (C=N–C) groups is 1. The highest BCUT2D eigenvalue weighted by molar-refractivity contribution is 5.81. The standard InChI is InChI=1S/C24H30F2N4/c1-2-27-24(29-23-15-20(23)18-6-4-3-5-7-18)28-19-10-12-30(13-11-19)16-17-8-9-21(25)22(26)14-17/h3-9,14,19-20,23H,2,10-13,15-16H2,1H3,(H2,27,28,29). The second kappa shape index (κ2) is 9.56. The van der Waals surface area contributed by atoms with E-state index in [2.05, 4.69) is 57.8 Å². The molecular weight excluding hydrogens is 382 g/mol. The van der Waals surface area contributed by atoms with E-state index in [0.717, 1.165) is 50.4 Å². The minimum Gasteiger partial charge on any atom is -0.354 e. The molecule has 160 valence electrons. The van der Waals surface area contributed by atoms with Gasteiger partial charge in [0.15, 0.2) is 17.6 Å². The summed E-state index contributed by atoms with van der Waals surface area (Å²) >= 11 is 0. The van der Waals surface area contributed by atoms with Gasteiger partial charge in [-0.3, -0.25) is 9.89 Å². The Morgan fingerprint density at radius 3 is 2.50 bits per heavy atom. The average Bonchev–Trinajstić information content (AvgIpc) is 3.52. The first-order chi connectivity index (χ1) is 14.6. The molecule has 2 atom stereocenters. The molecule has 1 saturated heterocycles. The summed E-state index contributed by atoms with van der Waals surface area (Å²) in [5.74, 6) is -0.0977. The maximum Gasteiger partial charge on any atom is 0.191 e. The highest BCUT2D eigenvalue weighted by atomic mass is 19.2. The van der Waals surface area contributed by atoms with Crippen molar-refractivity contribution in [1.29, 1.82) is 0 Å². The number of nitrogens with zero attached hydrogens (tertiary/aromatic N) is 2. The molecule has 0 radical (unpaired) electrons. The molecule has 1 aliphatic carbocycles. The third kappa shape index (κ3) is 5.36. The van der Waals surface area contributed by atoms with Crippen molar-refractivity contribution in [2.24, 2.45) is 4.99 Å². The number of nitrogens with one attached hydrogen (secondary N) is 2. The van der Waals surface area contributed by atoms with Crippen molar-refractivity contribution in [3.8, 4) is 0 Å². The first-order valence-corrected chi connectivity index (χ1v) is 10.9. The fourth-order valence-electron chi connectivity index (χ4n) is 4.21. The van der Waals surface area contributed by atoms with E-state index in [1.54, 1.807) is 6.07 Å². The Balaban J connectivity index is 1.24. The Morgan fingerprint density at radius 2 is 1.80 bits per heavy atom. The number of piperidine rings is 1. The van der Waals surface area contributed by atoms with Gasteiger partial charge in [-0.05, 0) is 49.4 Å². The number of hydrogen-bond acceptors (Lipinski definition) is 2. The highest BCUT2D eigenvalue weighted by Crippen LogP contribution is 2.40. The summed E-state index contributed by atoms with van der Waals surface area (Å²) in [6.45, 7) is 5.29. The molecule has 2 unspecified atom stereocenters. The van der Waals surface area contributed by atoms with Gasteiger partial charge in [-0.2, -0.15) is 0 Å². The molecule has 6 heteroatoms. The lowest BCUT2D eigenvalue weighted by molar-refractivity contribution is 0.198. The monoisotopic (exact) mass is 412 g/mol. The maximum absolute atomic E-state index is 13.4. The fourth-order valence-corrected chi connectivity index (χ4v) is 4.21. The number of halogens is 2. The van der Waals surface area contributed by atoms with Gasteiger partial charge in [0.05, 0.1) is 0 Å². The molecule has 2 aliphatic rings. The molecule has 1 aliphatic heterocycles. The lowest BCUT2D eigenvalue weighted by Gasteiger charge is -2.33. The van der Waals surface area contributed by atoms with E-state index in [4.69, 9.17) is 0 Å². The third-order valence-electron chi connectivity index (χ3n) is 5.98. The number of rotatable bonds is 6. The maximum atomic E-state index is 13.4. The predicted molar refractivity (Wildman–Crippen MR) is 116 cm³/mol. The fraction of sp³-hybridized carbons (Fsp3) is 0.458. The van der Waals surface area contributed by atoms with Crippen molar-refractivity contribution in [2.45, 2.75) is 50.7 Å². The van der Waals surface area contributed by atoms with Crippen molar-refractivity contribution in [2.75, 3.05) is 19.6 Å². The van der Waals surface area contributed by atoms with Crippen molar-refractivity contribution >= 4 is 5.96 Å². The summed E-state index contributed by atoms with van der Waals surface area (Å²) in [6.07, 6.45) is 3.14. The number of hydrogen-bond donors (Lipinski definition) is 2. The first-order valence-electron chi connectivity index (χ1n) is 10.9. The summed E-state index contributed by atoms with van der Waals surface area (Å²) < 4.78 is 26.5. The zero-order chi connectivity index (χ0) is 20.9. The molecule has 0 amide bonds. The second-order valence-corrected chi connectivity index (χ2v) is 8.27. The number of benzene rings is 2. The van der Waals surface area contributed by atoms with E-state index in [9.17, 15) is 8.78 Å². The van der Waals surface area contributed by atoms with Gasteiger partial charge in [-0.1, -0.05) is 36.4 Å². The quantitative estimate of drug-likeness (QED) is 0.556. The van der Waals surface area contributed by atoms with Crippen molar-refractivity contribution < 1.29 is 8.78 Å². The van der Waals surface area contributed by atoms with Crippen LogP contribution in [0.25, 0.3) is 0 Å². The van der Waals surface area contributed by atoms with Crippen LogP contribution in [0.1, 0.15) is 43.2 Å². The second-order valence-electron chi connectivity index (χ2n) is 8.27. The minimum atomic E-state index is -0.790. The molecular formula is C24H30F2N4. The summed E-state index contributed by atoms with van der Waals surface area (Å²) in [5, 5.41) is 7.20. The average molecular weight is 413 g/mol. The summed E-state index contributed by atoms with van der Waals surface area (Å²) in [5.41, 5.74) is 2.20. The Kier molecular flexibility index (Phi) is 6.62. The lowest BCUT2D eigenvalue weighted by atomic mass is 10.0. The van der Waals surface area contributed by atoms with Crippen LogP contribution >= 0.6 is 0 Å². The molecule has 4 rings (SSSR count). The number of likely N-dealkylation sites (tertiary alicyclic amines) is 1. The molecule has 1 saturated carbocycles. The van der Waals surface area contributed by atoms with Gasteiger partial charge < -0.3 is 10.6 Å². The van der Waals surface area contributed by atoms with E-state index in [1.807, 2.05) is 0 Å². The van der Waals surface area contributed by atoms with Crippen LogP contribution in [0.4, 0.5) is 8.78 Å².